The van der Waals surface area contributed by atoms with Crippen LogP contribution in [0.2, 0.25) is 0 Å². The zero-order valence-corrected chi connectivity index (χ0v) is 11.1. The minimum Gasteiger partial charge on any atom is -0.465 e. The highest BCUT2D eigenvalue weighted by Gasteiger charge is 2.21. The predicted molar refractivity (Wildman–Crippen MR) is 70.2 cm³/mol. The third-order valence-electron chi connectivity index (χ3n) is 3.31. The summed E-state index contributed by atoms with van der Waals surface area (Å²) < 4.78 is 4.62. The normalized spacial score (nSPS) is 15.8. The largest absolute Gasteiger partial charge is 0.465 e. The maximum atomic E-state index is 11.3. The fourth-order valence-electron chi connectivity index (χ4n) is 1.75. The lowest BCUT2D eigenvalue weighted by Crippen LogP contribution is -2.31. The van der Waals surface area contributed by atoms with Crippen molar-refractivity contribution in [2.75, 3.05) is 7.11 Å². The van der Waals surface area contributed by atoms with Gasteiger partial charge in [-0.25, -0.2) is 4.79 Å². The van der Waals surface area contributed by atoms with Gasteiger partial charge < -0.3 is 15.6 Å². The van der Waals surface area contributed by atoms with Gasteiger partial charge in [0.1, 0.15) is 0 Å². The number of aliphatic hydroxyl groups excluding tert-OH is 1. The van der Waals surface area contributed by atoms with Crippen LogP contribution in [-0.2, 0) is 4.74 Å². The van der Waals surface area contributed by atoms with E-state index in [0.717, 1.165) is 12.0 Å². The van der Waals surface area contributed by atoms with Gasteiger partial charge in [0, 0.05) is 0 Å². The van der Waals surface area contributed by atoms with Crippen LogP contribution >= 0.6 is 0 Å². The Morgan fingerprint density at radius 1 is 1.39 bits per heavy atom. The molecule has 3 N–H and O–H groups in total. The van der Waals surface area contributed by atoms with Crippen LogP contribution in [0.15, 0.2) is 24.3 Å². The van der Waals surface area contributed by atoms with Crippen molar-refractivity contribution >= 4 is 5.97 Å². The molecule has 4 nitrogen and oxygen atoms in total. The molecule has 0 saturated carbocycles. The lowest BCUT2D eigenvalue weighted by atomic mass is 9.91. The van der Waals surface area contributed by atoms with E-state index < -0.39 is 12.1 Å². The molecule has 1 unspecified atom stereocenters. The molecule has 3 atom stereocenters. The monoisotopic (exact) mass is 251 g/mol. The van der Waals surface area contributed by atoms with Crippen LogP contribution in [0.4, 0.5) is 0 Å². The molecular formula is C14H21NO3. The summed E-state index contributed by atoms with van der Waals surface area (Å²) >= 11 is 0. The van der Waals surface area contributed by atoms with Crippen molar-refractivity contribution in [2.24, 2.45) is 11.7 Å². The first-order valence-electron chi connectivity index (χ1n) is 6.13. The van der Waals surface area contributed by atoms with Crippen LogP contribution in [0, 0.1) is 5.92 Å². The first kappa shape index (κ1) is 14.7. The molecule has 1 rings (SSSR count). The number of rotatable bonds is 5. The number of benzene rings is 1. The first-order valence-corrected chi connectivity index (χ1v) is 6.13. The molecule has 0 bridgehead atoms. The summed E-state index contributed by atoms with van der Waals surface area (Å²) in [4.78, 5) is 11.3. The van der Waals surface area contributed by atoms with Crippen molar-refractivity contribution in [1.82, 2.24) is 0 Å². The first-order chi connectivity index (χ1) is 8.51. The summed E-state index contributed by atoms with van der Waals surface area (Å²) in [5, 5.41) is 10.0. The van der Waals surface area contributed by atoms with E-state index >= 15 is 0 Å². The van der Waals surface area contributed by atoms with Gasteiger partial charge in [0.15, 0.2) is 0 Å². The summed E-state index contributed by atoms with van der Waals surface area (Å²) in [5.74, 6) is -0.238. The van der Waals surface area contributed by atoms with Gasteiger partial charge in [0.05, 0.1) is 24.8 Å². The number of hydrogen-bond donors (Lipinski definition) is 2. The third-order valence-corrected chi connectivity index (χ3v) is 3.31. The van der Waals surface area contributed by atoms with Crippen LogP contribution in [0.1, 0.15) is 42.2 Å². The summed E-state index contributed by atoms with van der Waals surface area (Å²) in [5.41, 5.74) is 7.30. The molecule has 0 heterocycles. The average Bonchev–Trinajstić information content (AvgIpc) is 2.44. The number of methoxy groups -OCH3 is 1. The highest BCUT2D eigenvalue weighted by molar-refractivity contribution is 5.89. The Hall–Kier alpha value is -1.39. The molecule has 1 aromatic carbocycles. The molecule has 0 aliphatic carbocycles. The van der Waals surface area contributed by atoms with Gasteiger partial charge in [-0.15, -0.1) is 0 Å². The Balaban J connectivity index is 2.81. The molecule has 0 fully saturated rings. The fraction of sp³-hybridized carbons (Fsp3) is 0.500. The van der Waals surface area contributed by atoms with E-state index in [-0.39, 0.29) is 11.9 Å². The SMILES string of the molecule is CCC(C)[C@@H](O)[C@@H](N)c1ccc(C(=O)OC)cc1. The highest BCUT2D eigenvalue weighted by Crippen LogP contribution is 2.22. The minimum atomic E-state index is -0.584. The van der Waals surface area contributed by atoms with E-state index in [4.69, 9.17) is 5.73 Å². The van der Waals surface area contributed by atoms with E-state index in [0.29, 0.717) is 5.56 Å². The summed E-state index contributed by atoms with van der Waals surface area (Å²) in [7, 11) is 1.34. The maximum absolute atomic E-state index is 11.3. The van der Waals surface area contributed by atoms with Crippen molar-refractivity contribution in [1.29, 1.82) is 0 Å². The molecule has 0 spiro atoms. The van der Waals surface area contributed by atoms with Gasteiger partial charge in [-0.1, -0.05) is 32.4 Å². The molecule has 0 saturated heterocycles. The zero-order valence-electron chi connectivity index (χ0n) is 11.1. The second-order valence-electron chi connectivity index (χ2n) is 4.52. The van der Waals surface area contributed by atoms with Crippen molar-refractivity contribution < 1.29 is 14.6 Å². The number of carbonyl (C=O) groups excluding carboxylic acids is 1. The van der Waals surface area contributed by atoms with Gasteiger partial charge in [0.25, 0.3) is 0 Å². The number of ether oxygens (including phenoxy) is 1. The third kappa shape index (κ3) is 3.31. The van der Waals surface area contributed by atoms with Gasteiger partial charge >= 0.3 is 5.97 Å². The van der Waals surface area contributed by atoms with Crippen LogP contribution in [-0.4, -0.2) is 24.3 Å². The number of carbonyl (C=O) groups is 1. The molecule has 0 aliphatic heterocycles. The molecule has 0 aliphatic rings. The second-order valence-corrected chi connectivity index (χ2v) is 4.52. The molecule has 18 heavy (non-hydrogen) atoms. The van der Waals surface area contributed by atoms with Crippen molar-refractivity contribution in [3.05, 3.63) is 35.4 Å². The van der Waals surface area contributed by atoms with Crippen molar-refractivity contribution in [2.45, 2.75) is 32.4 Å². The second kappa shape index (κ2) is 6.52. The van der Waals surface area contributed by atoms with Gasteiger partial charge in [-0.3, -0.25) is 0 Å². The molecular weight excluding hydrogens is 230 g/mol. The highest BCUT2D eigenvalue weighted by atomic mass is 16.5. The summed E-state index contributed by atoms with van der Waals surface area (Å²) in [6.45, 7) is 3.98. The minimum absolute atomic E-state index is 0.139. The maximum Gasteiger partial charge on any atom is 0.337 e. The molecule has 4 heteroatoms. The smallest absolute Gasteiger partial charge is 0.337 e. The molecule has 0 amide bonds. The average molecular weight is 251 g/mol. The van der Waals surface area contributed by atoms with E-state index in [2.05, 4.69) is 4.74 Å². The topological polar surface area (TPSA) is 72.5 Å². The Morgan fingerprint density at radius 2 is 1.94 bits per heavy atom. The number of nitrogens with two attached hydrogens (primary N) is 1. The van der Waals surface area contributed by atoms with E-state index in [1.165, 1.54) is 7.11 Å². The molecule has 1 aromatic rings. The number of esters is 1. The number of aliphatic hydroxyl groups is 1. The summed E-state index contributed by atoms with van der Waals surface area (Å²) in [6, 6.07) is 6.38. The lowest BCUT2D eigenvalue weighted by molar-refractivity contribution is 0.0600. The Kier molecular flexibility index (Phi) is 5.31. The molecule has 0 aromatic heterocycles. The van der Waals surface area contributed by atoms with E-state index in [9.17, 15) is 9.90 Å². The zero-order chi connectivity index (χ0) is 13.7. The molecule has 0 radical (unpaired) electrons. The Labute approximate surface area is 108 Å². The van der Waals surface area contributed by atoms with E-state index in [1.54, 1.807) is 24.3 Å². The predicted octanol–water partition coefficient (Wildman–Crippen LogP) is 1.88. The quantitative estimate of drug-likeness (QED) is 0.784. The van der Waals surface area contributed by atoms with Crippen molar-refractivity contribution in [3.63, 3.8) is 0 Å². The Bertz CT molecular complexity index is 389. The van der Waals surface area contributed by atoms with Crippen molar-refractivity contribution in [3.8, 4) is 0 Å². The van der Waals surface area contributed by atoms with E-state index in [1.807, 2.05) is 13.8 Å². The molecule has 100 valence electrons. The number of hydrogen-bond acceptors (Lipinski definition) is 4. The van der Waals surface area contributed by atoms with Crippen LogP contribution in [0.25, 0.3) is 0 Å². The van der Waals surface area contributed by atoms with Gasteiger partial charge in [-0.05, 0) is 23.6 Å². The van der Waals surface area contributed by atoms with Crippen LogP contribution in [0.5, 0.6) is 0 Å². The van der Waals surface area contributed by atoms with Crippen LogP contribution in [0.3, 0.4) is 0 Å². The summed E-state index contributed by atoms with van der Waals surface area (Å²) in [6.07, 6.45) is 0.286. The Morgan fingerprint density at radius 3 is 2.39 bits per heavy atom. The lowest BCUT2D eigenvalue weighted by Gasteiger charge is -2.24. The fourth-order valence-corrected chi connectivity index (χ4v) is 1.75. The van der Waals surface area contributed by atoms with Gasteiger partial charge in [-0.2, -0.15) is 0 Å². The standard InChI is InChI=1S/C14H21NO3/c1-4-9(2)13(16)12(15)10-5-7-11(8-6-10)14(17)18-3/h5-9,12-13,16H,4,15H2,1-3H3/t9?,12-,13+/m0/s1. The van der Waals surface area contributed by atoms with Crippen LogP contribution < -0.4 is 5.73 Å². The van der Waals surface area contributed by atoms with Gasteiger partial charge in [0.2, 0.25) is 0 Å².